The molecule has 0 atom stereocenters. The molecule has 2 aromatic carbocycles. The SMILES string of the molecule is CCCCNC(=O)c1ccccc1NC(=O)c1cc(S(=O)(=O)N2CCC(C)CC2)ccc1OC. The van der Waals surface area contributed by atoms with Crippen molar-refractivity contribution in [3.8, 4) is 5.75 Å². The lowest BCUT2D eigenvalue weighted by atomic mass is 10.0. The predicted octanol–water partition coefficient (Wildman–Crippen LogP) is 3.90. The molecule has 1 fully saturated rings. The summed E-state index contributed by atoms with van der Waals surface area (Å²) in [6.07, 6.45) is 3.42. The van der Waals surface area contributed by atoms with Gasteiger partial charge >= 0.3 is 0 Å². The monoisotopic (exact) mass is 487 g/mol. The van der Waals surface area contributed by atoms with Crippen molar-refractivity contribution in [1.82, 2.24) is 9.62 Å². The van der Waals surface area contributed by atoms with Crippen LogP contribution in [-0.4, -0.2) is 51.3 Å². The molecule has 1 heterocycles. The van der Waals surface area contributed by atoms with E-state index in [0.717, 1.165) is 25.7 Å². The molecule has 0 bridgehead atoms. The number of sulfonamides is 1. The first-order chi connectivity index (χ1) is 16.3. The molecule has 1 aliphatic heterocycles. The number of carbonyl (C=O) groups is 2. The number of methoxy groups -OCH3 is 1. The Balaban J connectivity index is 1.86. The van der Waals surface area contributed by atoms with Crippen molar-refractivity contribution in [2.75, 3.05) is 32.1 Å². The number of amides is 2. The van der Waals surface area contributed by atoms with Gasteiger partial charge in [-0.15, -0.1) is 0 Å². The number of nitrogens with one attached hydrogen (secondary N) is 2. The highest BCUT2D eigenvalue weighted by molar-refractivity contribution is 7.89. The Morgan fingerprint density at radius 2 is 1.76 bits per heavy atom. The number of ether oxygens (including phenoxy) is 1. The molecular weight excluding hydrogens is 454 g/mol. The zero-order chi connectivity index (χ0) is 24.7. The molecule has 0 spiro atoms. The van der Waals surface area contributed by atoms with Crippen molar-refractivity contribution in [3.05, 3.63) is 53.6 Å². The number of carbonyl (C=O) groups excluding carboxylic acids is 2. The minimum atomic E-state index is -3.74. The van der Waals surface area contributed by atoms with Gasteiger partial charge in [-0.25, -0.2) is 8.42 Å². The molecule has 3 rings (SSSR count). The maximum atomic E-state index is 13.2. The van der Waals surface area contributed by atoms with E-state index in [1.807, 2.05) is 6.92 Å². The zero-order valence-corrected chi connectivity index (χ0v) is 20.8. The second kappa shape index (κ2) is 11.5. The molecule has 34 heavy (non-hydrogen) atoms. The Kier molecular flexibility index (Phi) is 8.68. The fourth-order valence-corrected chi connectivity index (χ4v) is 5.35. The van der Waals surface area contributed by atoms with Crippen LogP contribution in [0.4, 0.5) is 5.69 Å². The van der Waals surface area contributed by atoms with Crippen molar-refractivity contribution in [2.45, 2.75) is 44.4 Å². The third-order valence-electron chi connectivity index (χ3n) is 6.03. The van der Waals surface area contributed by atoms with E-state index in [-0.39, 0.29) is 22.1 Å². The summed E-state index contributed by atoms with van der Waals surface area (Å²) >= 11 is 0. The molecular formula is C25H33N3O5S. The summed E-state index contributed by atoms with van der Waals surface area (Å²) in [6.45, 7) is 5.60. The van der Waals surface area contributed by atoms with Gasteiger partial charge in [-0.1, -0.05) is 32.4 Å². The molecule has 0 aliphatic carbocycles. The summed E-state index contributed by atoms with van der Waals surface area (Å²) in [5.74, 6) is -0.113. The molecule has 2 amide bonds. The lowest BCUT2D eigenvalue weighted by Gasteiger charge is -2.29. The molecule has 2 N–H and O–H groups in total. The van der Waals surface area contributed by atoms with Gasteiger partial charge < -0.3 is 15.4 Å². The summed E-state index contributed by atoms with van der Waals surface area (Å²) in [5, 5.41) is 5.59. The normalized spacial score (nSPS) is 15.0. The second-order valence-corrected chi connectivity index (χ2v) is 10.5. The maximum Gasteiger partial charge on any atom is 0.259 e. The first-order valence-electron chi connectivity index (χ1n) is 11.6. The van der Waals surface area contributed by atoms with E-state index in [1.54, 1.807) is 24.3 Å². The van der Waals surface area contributed by atoms with Gasteiger partial charge in [-0.2, -0.15) is 4.31 Å². The first-order valence-corrected chi connectivity index (χ1v) is 13.1. The van der Waals surface area contributed by atoms with Gasteiger partial charge in [0.2, 0.25) is 10.0 Å². The Hall–Kier alpha value is -2.91. The smallest absolute Gasteiger partial charge is 0.259 e. The van der Waals surface area contributed by atoms with Crippen molar-refractivity contribution in [1.29, 1.82) is 0 Å². The largest absolute Gasteiger partial charge is 0.496 e. The van der Waals surface area contributed by atoms with Gasteiger partial charge in [0.1, 0.15) is 5.75 Å². The minimum absolute atomic E-state index is 0.0404. The third-order valence-corrected chi connectivity index (χ3v) is 7.93. The van der Waals surface area contributed by atoms with Crippen molar-refractivity contribution < 1.29 is 22.7 Å². The van der Waals surface area contributed by atoms with E-state index < -0.39 is 15.9 Å². The Labute approximate surface area is 201 Å². The van der Waals surface area contributed by atoms with E-state index in [1.165, 1.54) is 29.6 Å². The molecule has 2 aromatic rings. The van der Waals surface area contributed by atoms with E-state index in [4.69, 9.17) is 4.74 Å². The molecule has 0 saturated carbocycles. The van der Waals surface area contributed by atoms with E-state index in [0.29, 0.717) is 36.8 Å². The highest BCUT2D eigenvalue weighted by Gasteiger charge is 2.29. The van der Waals surface area contributed by atoms with E-state index in [9.17, 15) is 18.0 Å². The lowest BCUT2D eigenvalue weighted by molar-refractivity contribution is 0.0954. The van der Waals surface area contributed by atoms with Crippen LogP contribution >= 0.6 is 0 Å². The number of piperidine rings is 1. The van der Waals surface area contributed by atoms with Crippen LogP contribution in [0, 0.1) is 5.92 Å². The van der Waals surface area contributed by atoms with Crippen molar-refractivity contribution in [3.63, 3.8) is 0 Å². The van der Waals surface area contributed by atoms with Crippen LogP contribution < -0.4 is 15.4 Å². The van der Waals surface area contributed by atoms with E-state index >= 15 is 0 Å². The van der Waals surface area contributed by atoms with Crippen LogP contribution in [0.1, 0.15) is 60.2 Å². The van der Waals surface area contributed by atoms with Crippen LogP contribution in [0.25, 0.3) is 0 Å². The fourth-order valence-electron chi connectivity index (χ4n) is 3.85. The molecule has 0 aromatic heterocycles. The summed E-state index contributed by atoms with van der Waals surface area (Å²) < 4.78 is 33.2. The number of nitrogens with zero attached hydrogens (tertiary/aromatic N) is 1. The van der Waals surface area contributed by atoms with Crippen LogP contribution in [0.2, 0.25) is 0 Å². The van der Waals surface area contributed by atoms with Gasteiger partial charge in [0.15, 0.2) is 0 Å². The van der Waals surface area contributed by atoms with E-state index in [2.05, 4.69) is 17.6 Å². The highest BCUT2D eigenvalue weighted by atomic mass is 32.2. The highest BCUT2D eigenvalue weighted by Crippen LogP contribution is 2.28. The lowest BCUT2D eigenvalue weighted by Crippen LogP contribution is -2.38. The first kappa shape index (κ1) is 25.7. The number of hydrogen-bond donors (Lipinski definition) is 2. The number of rotatable bonds is 9. The quantitative estimate of drug-likeness (QED) is 0.522. The summed E-state index contributed by atoms with van der Waals surface area (Å²) in [4.78, 5) is 25.8. The molecule has 1 aliphatic rings. The van der Waals surface area contributed by atoms with Crippen molar-refractivity contribution in [2.24, 2.45) is 5.92 Å². The van der Waals surface area contributed by atoms with Crippen LogP contribution in [0.3, 0.4) is 0 Å². The van der Waals surface area contributed by atoms with Crippen LogP contribution in [-0.2, 0) is 10.0 Å². The second-order valence-electron chi connectivity index (χ2n) is 8.56. The number of benzene rings is 2. The standard InChI is InChI=1S/C25H33N3O5S/c1-4-5-14-26-24(29)20-8-6-7-9-22(20)27-25(30)21-17-19(10-11-23(21)33-3)34(31,32)28-15-12-18(2)13-16-28/h6-11,17-18H,4-5,12-16H2,1-3H3,(H,26,29)(H,27,30). The molecule has 8 nitrogen and oxygen atoms in total. The summed E-state index contributed by atoms with van der Waals surface area (Å²) in [6, 6.07) is 11.0. The number of anilines is 1. The molecule has 0 radical (unpaired) electrons. The molecule has 0 unspecified atom stereocenters. The van der Waals surface area contributed by atoms with Crippen LogP contribution in [0.15, 0.2) is 47.4 Å². The third kappa shape index (κ3) is 5.95. The van der Waals surface area contributed by atoms with Gasteiger partial charge in [0.05, 0.1) is 28.8 Å². The van der Waals surface area contributed by atoms with Crippen molar-refractivity contribution >= 4 is 27.5 Å². The topological polar surface area (TPSA) is 105 Å². The molecule has 1 saturated heterocycles. The Bertz CT molecular complexity index is 1130. The van der Waals surface area contributed by atoms with Gasteiger partial charge in [-0.3, -0.25) is 9.59 Å². The predicted molar refractivity (Wildman–Crippen MR) is 132 cm³/mol. The van der Waals surface area contributed by atoms with Crippen LogP contribution in [0.5, 0.6) is 5.75 Å². The average molecular weight is 488 g/mol. The summed E-state index contributed by atoms with van der Waals surface area (Å²) in [7, 11) is -2.32. The zero-order valence-electron chi connectivity index (χ0n) is 20.0. The number of unbranched alkanes of at least 4 members (excludes halogenated alkanes) is 1. The van der Waals surface area contributed by atoms with Gasteiger partial charge in [0, 0.05) is 19.6 Å². The minimum Gasteiger partial charge on any atom is -0.496 e. The Morgan fingerprint density at radius 1 is 1.06 bits per heavy atom. The maximum absolute atomic E-state index is 13.2. The van der Waals surface area contributed by atoms with Gasteiger partial charge in [0.25, 0.3) is 11.8 Å². The number of para-hydroxylation sites is 1. The fraction of sp³-hybridized carbons (Fsp3) is 0.440. The average Bonchev–Trinajstić information content (AvgIpc) is 2.84. The number of hydrogen-bond acceptors (Lipinski definition) is 5. The molecule has 9 heteroatoms. The van der Waals surface area contributed by atoms with Gasteiger partial charge in [-0.05, 0) is 55.5 Å². The Morgan fingerprint density at radius 3 is 2.44 bits per heavy atom. The molecule has 184 valence electrons. The summed E-state index contributed by atoms with van der Waals surface area (Å²) in [5.41, 5.74) is 0.745.